The Morgan fingerprint density at radius 1 is 1.40 bits per heavy atom. The van der Waals surface area contributed by atoms with E-state index in [1.165, 1.54) is 11.1 Å². The average Bonchev–Trinajstić information content (AvgIpc) is 2.37. The van der Waals surface area contributed by atoms with Gasteiger partial charge in [-0.1, -0.05) is 26.8 Å². The molecule has 3 N–H and O–H groups in total. The lowest BCUT2D eigenvalue weighted by Crippen LogP contribution is -2.42. The van der Waals surface area contributed by atoms with Crippen LogP contribution >= 0.6 is 0 Å². The highest BCUT2D eigenvalue weighted by Gasteiger charge is 2.13. The van der Waals surface area contributed by atoms with Gasteiger partial charge in [0, 0.05) is 6.42 Å². The van der Waals surface area contributed by atoms with Crippen molar-refractivity contribution in [2.75, 3.05) is 13.2 Å². The molecule has 1 rings (SSSR count). The smallest absolute Gasteiger partial charge is 0.234 e. The van der Waals surface area contributed by atoms with Crippen molar-refractivity contribution in [3.8, 4) is 5.75 Å². The lowest BCUT2D eigenvalue weighted by Gasteiger charge is -2.16. The third kappa shape index (κ3) is 4.85. The van der Waals surface area contributed by atoms with Crippen molar-refractivity contribution < 1.29 is 9.53 Å². The highest BCUT2D eigenvalue weighted by molar-refractivity contribution is 5.79. The highest BCUT2D eigenvalue weighted by Crippen LogP contribution is 2.23. The fourth-order valence-electron chi connectivity index (χ4n) is 2.27. The minimum atomic E-state index is -0.332. The molecule has 4 heteroatoms. The van der Waals surface area contributed by atoms with Crippen LogP contribution in [0.2, 0.25) is 0 Å². The fourth-order valence-corrected chi connectivity index (χ4v) is 2.27. The first-order valence-corrected chi connectivity index (χ1v) is 7.21. The number of hydrogen-bond donors (Lipinski definition) is 2. The Labute approximate surface area is 121 Å². The van der Waals surface area contributed by atoms with Gasteiger partial charge >= 0.3 is 0 Å². The molecule has 0 spiro atoms. The van der Waals surface area contributed by atoms with Crippen LogP contribution in [0.4, 0.5) is 0 Å². The summed E-state index contributed by atoms with van der Waals surface area (Å²) in [4.78, 5) is 11.2. The maximum absolute atomic E-state index is 11.2. The van der Waals surface area contributed by atoms with E-state index in [-0.39, 0.29) is 11.9 Å². The lowest BCUT2D eigenvalue weighted by atomic mass is 9.98. The predicted molar refractivity (Wildman–Crippen MR) is 82.0 cm³/mol. The van der Waals surface area contributed by atoms with Crippen molar-refractivity contribution in [1.82, 2.24) is 5.32 Å². The first kappa shape index (κ1) is 16.5. The molecule has 0 saturated carbocycles. The van der Waals surface area contributed by atoms with Gasteiger partial charge < -0.3 is 15.8 Å². The number of carbonyl (C=O) groups excluding carboxylic acids is 1. The maximum Gasteiger partial charge on any atom is 0.234 e. The van der Waals surface area contributed by atoms with Gasteiger partial charge in [0.25, 0.3) is 0 Å². The number of rotatable bonds is 8. The first-order valence-electron chi connectivity index (χ1n) is 7.21. The van der Waals surface area contributed by atoms with Crippen LogP contribution in [-0.4, -0.2) is 25.1 Å². The second-order valence-electron chi connectivity index (χ2n) is 5.32. The molecule has 0 aliphatic heterocycles. The number of likely N-dealkylation sites (N-methyl/N-ethyl adjacent to an activating group) is 1. The van der Waals surface area contributed by atoms with Crippen LogP contribution in [0.1, 0.15) is 44.2 Å². The van der Waals surface area contributed by atoms with Gasteiger partial charge in [-0.15, -0.1) is 0 Å². The van der Waals surface area contributed by atoms with Crippen molar-refractivity contribution >= 4 is 5.91 Å². The summed E-state index contributed by atoms with van der Waals surface area (Å²) in [6.07, 6.45) is 0.578. The van der Waals surface area contributed by atoms with E-state index in [9.17, 15) is 4.79 Å². The molecule has 1 unspecified atom stereocenters. The Bertz CT molecular complexity index is 444. The molecule has 20 heavy (non-hydrogen) atoms. The van der Waals surface area contributed by atoms with Gasteiger partial charge in [-0.3, -0.25) is 4.79 Å². The molecule has 0 radical (unpaired) electrons. The van der Waals surface area contributed by atoms with Crippen molar-refractivity contribution in [1.29, 1.82) is 0 Å². The summed E-state index contributed by atoms with van der Waals surface area (Å²) >= 11 is 0. The Balaban J connectivity index is 2.53. The first-order chi connectivity index (χ1) is 9.45. The zero-order valence-corrected chi connectivity index (χ0v) is 12.9. The van der Waals surface area contributed by atoms with Crippen molar-refractivity contribution in [2.45, 2.75) is 46.1 Å². The molecule has 0 aliphatic carbocycles. The van der Waals surface area contributed by atoms with E-state index < -0.39 is 0 Å². The van der Waals surface area contributed by atoms with Crippen molar-refractivity contribution in [2.24, 2.45) is 5.73 Å². The maximum atomic E-state index is 11.2. The van der Waals surface area contributed by atoms with Gasteiger partial charge in [0.15, 0.2) is 0 Å². The largest absolute Gasteiger partial charge is 0.494 e. The molecule has 112 valence electrons. The third-order valence-electron chi connectivity index (χ3n) is 3.33. The summed E-state index contributed by atoms with van der Waals surface area (Å²) in [5, 5.41) is 3.05. The Morgan fingerprint density at radius 2 is 2.10 bits per heavy atom. The van der Waals surface area contributed by atoms with E-state index >= 15 is 0 Å². The van der Waals surface area contributed by atoms with E-state index in [2.05, 4.69) is 32.2 Å². The summed E-state index contributed by atoms with van der Waals surface area (Å²) in [6, 6.07) is 5.80. The molecule has 0 aliphatic rings. The van der Waals surface area contributed by atoms with Crippen LogP contribution in [0, 0.1) is 6.92 Å². The second kappa shape index (κ2) is 7.90. The lowest BCUT2D eigenvalue weighted by molar-refractivity contribution is -0.120. The van der Waals surface area contributed by atoms with Crippen LogP contribution in [0.25, 0.3) is 0 Å². The van der Waals surface area contributed by atoms with Crippen molar-refractivity contribution in [3.63, 3.8) is 0 Å². The van der Waals surface area contributed by atoms with E-state index in [0.717, 1.165) is 12.3 Å². The van der Waals surface area contributed by atoms with E-state index in [4.69, 9.17) is 10.5 Å². The molecule has 1 aromatic rings. The van der Waals surface area contributed by atoms with Gasteiger partial charge in [0.2, 0.25) is 5.91 Å². The quantitative estimate of drug-likeness (QED) is 0.767. The van der Waals surface area contributed by atoms with E-state index in [0.29, 0.717) is 18.9 Å². The van der Waals surface area contributed by atoms with Crippen LogP contribution in [-0.2, 0) is 4.79 Å². The van der Waals surface area contributed by atoms with Gasteiger partial charge in [0.1, 0.15) is 5.75 Å². The number of primary amides is 1. The zero-order chi connectivity index (χ0) is 15.1. The summed E-state index contributed by atoms with van der Waals surface area (Å²) in [7, 11) is 0. The molecule has 0 saturated heterocycles. The molecule has 1 aromatic carbocycles. The number of aryl methyl sites for hydroxylation is 1. The topological polar surface area (TPSA) is 64.3 Å². The number of ether oxygens (including phenoxy) is 1. The summed E-state index contributed by atoms with van der Waals surface area (Å²) in [5.41, 5.74) is 7.89. The second-order valence-corrected chi connectivity index (χ2v) is 5.32. The number of hydrogen-bond acceptors (Lipinski definition) is 3. The van der Waals surface area contributed by atoms with Crippen LogP contribution in [0.15, 0.2) is 18.2 Å². The summed E-state index contributed by atoms with van der Waals surface area (Å²) < 4.78 is 5.70. The van der Waals surface area contributed by atoms with Crippen LogP contribution < -0.4 is 15.8 Å². The fraction of sp³-hybridized carbons (Fsp3) is 0.562. The monoisotopic (exact) mass is 278 g/mol. The minimum absolute atomic E-state index is 0.323. The predicted octanol–water partition coefficient (Wildman–Crippen LogP) is 2.35. The molecular weight excluding hydrogens is 252 g/mol. The standard InChI is InChI=1S/C16H26N2O2/c1-5-18-15(16(17)19)8-9-20-13-6-7-14(11(2)3)12(4)10-13/h6-7,10-11,15,18H,5,8-9H2,1-4H3,(H2,17,19). The van der Waals surface area contributed by atoms with Crippen LogP contribution in [0.3, 0.4) is 0 Å². The molecule has 0 fully saturated rings. The molecule has 1 amide bonds. The minimum Gasteiger partial charge on any atom is -0.494 e. The number of nitrogens with one attached hydrogen (secondary N) is 1. The zero-order valence-electron chi connectivity index (χ0n) is 12.9. The highest BCUT2D eigenvalue weighted by atomic mass is 16.5. The Hall–Kier alpha value is -1.55. The SMILES string of the molecule is CCNC(CCOc1ccc(C(C)C)c(C)c1)C(N)=O. The summed E-state index contributed by atoms with van der Waals surface area (Å²) in [6.45, 7) is 9.59. The molecule has 0 bridgehead atoms. The molecular formula is C16H26N2O2. The third-order valence-corrected chi connectivity index (χ3v) is 3.33. The number of benzene rings is 1. The number of amides is 1. The van der Waals surface area contributed by atoms with Gasteiger partial charge in [-0.2, -0.15) is 0 Å². The number of nitrogens with two attached hydrogens (primary N) is 1. The Kier molecular flexibility index (Phi) is 6.52. The molecule has 4 nitrogen and oxygen atoms in total. The van der Waals surface area contributed by atoms with Gasteiger partial charge in [-0.05, 0) is 42.6 Å². The van der Waals surface area contributed by atoms with Gasteiger partial charge in [-0.25, -0.2) is 0 Å². The van der Waals surface area contributed by atoms with Crippen LogP contribution in [0.5, 0.6) is 5.75 Å². The van der Waals surface area contributed by atoms with Crippen molar-refractivity contribution in [3.05, 3.63) is 29.3 Å². The Morgan fingerprint density at radius 3 is 2.60 bits per heavy atom. The normalized spacial score (nSPS) is 12.4. The molecule has 0 aromatic heterocycles. The molecule has 1 atom stereocenters. The van der Waals surface area contributed by atoms with Gasteiger partial charge in [0.05, 0.1) is 12.6 Å². The van der Waals surface area contributed by atoms with E-state index in [1.807, 2.05) is 19.1 Å². The number of carbonyl (C=O) groups is 1. The summed E-state index contributed by atoms with van der Waals surface area (Å²) in [5.74, 6) is 1.02. The average molecular weight is 278 g/mol. The van der Waals surface area contributed by atoms with E-state index in [1.54, 1.807) is 0 Å². The molecule has 0 heterocycles.